The number of rotatable bonds is 11. The number of para-hydroxylation sites is 1. The number of fused-ring (bicyclic) bond motifs is 1. The lowest BCUT2D eigenvalue weighted by atomic mass is 10.1. The highest BCUT2D eigenvalue weighted by Crippen LogP contribution is 2.38. The van der Waals surface area contributed by atoms with Crippen molar-refractivity contribution in [3.63, 3.8) is 0 Å². The van der Waals surface area contributed by atoms with Crippen LogP contribution in [-0.2, 0) is 17.8 Å². The molecule has 198 valence electrons. The normalized spacial score (nSPS) is 11.2. The summed E-state index contributed by atoms with van der Waals surface area (Å²) in [4.78, 5) is 26.5. The fourth-order valence-corrected chi connectivity index (χ4v) is 4.32. The first kappa shape index (κ1) is 27.2. The van der Waals surface area contributed by atoms with Crippen molar-refractivity contribution in [1.29, 1.82) is 5.26 Å². The summed E-state index contributed by atoms with van der Waals surface area (Å²) in [5.74, 6) is 0.0694. The first-order chi connectivity index (χ1) is 18.9. The molecule has 0 radical (unpaired) electrons. The number of H-pyrrole nitrogens is 1. The van der Waals surface area contributed by atoms with Gasteiger partial charge in [-0.05, 0) is 54.3 Å². The van der Waals surface area contributed by atoms with Gasteiger partial charge in [-0.25, -0.2) is 0 Å². The first-order valence-electron chi connectivity index (χ1n) is 12.2. The molecule has 0 unspecified atom stereocenters. The average molecular weight is 545 g/mol. The number of halogens is 1. The Balaban J connectivity index is 1.46. The Kier molecular flexibility index (Phi) is 8.82. The maximum Gasteiger partial charge on any atom is 0.269 e. The summed E-state index contributed by atoms with van der Waals surface area (Å²) in [7, 11) is 0. The van der Waals surface area contributed by atoms with E-state index in [1.54, 1.807) is 31.2 Å². The smallest absolute Gasteiger partial charge is 0.269 e. The van der Waals surface area contributed by atoms with Crippen molar-refractivity contribution < 1.29 is 19.2 Å². The first-order valence-corrected chi connectivity index (χ1v) is 12.5. The van der Waals surface area contributed by atoms with Crippen molar-refractivity contribution in [2.75, 3.05) is 13.2 Å². The van der Waals surface area contributed by atoms with E-state index in [-0.39, 0.29) is 28.6 Å². The minimum absolute atomic E-state index is 0.0267. The zero-order valence-electron chi connectivity index (χ0n) is 21.1. The van der Waals surface area contributed by atoms with E-state index in [1.165, 1.54) is 18.2 Å². The lowest BCUT2D eigenvalue weighted by Crippen LogP contribution is -2.26. The number of nitriles is 1. The predicted molar refractivity (Wildman–Crippen MR) is 149 cm³/mol. The lowest BCUT2D eigenvalue weighted by molar-refractivity contribution is -0.384. The molecule has 0 aliphatic rings. The van der Waals surface area contributed by atoms with Crippen LogP contribution in [-0.4, -0.2) is 29.0 Å². The molecule has 0 aliphatic carbocycles. The number of ether oxygens (including phenoxy) is 2. The van der Waals surface area contributed by atoms with Gasteiger partial charge in [-0.1, -0.05) is 41.9 Å². The van der Waals surface area contributed by atoms with Gasteiger partial charge in [0.2, 0.25) is 0 Å². The second-order valence-corrected chi connectivity index (χ2v) is 8.92. The van der Waals surface area contributed by atoms with Gasteiger partial charge >= 0.3 is 0 Å². The van der Waals surface area contributed by atoms with Crippen molar-refractivity contribution in [3.8, 4) is 17.6 Å². The van der Waals surface area contributed by atoms with Crippen LogP contribution in [0.15, 0.2) is 72.4 Å². The van der Waals surface area contributed by atoms with E-state index in [4.69, 9.17) is 21.1 Å². The number of hydrogen-bond donors (Lipinski definition) is 2. The molecular formula is C29H25ClN4O5. The predicted octanol–water partition coefficient (Wildman–Crippen LogP) is 5.97. The number of nitro groups is 1. The number of aromatic amines is 1. The Labute approximate surface area is 229 Å². The maximum absolute atomic E-state index is 12.7. The third kappa shape index (κ3) is 6.74. The molecule has 4 aromatic rings. The Bertz CT molecular complexity index is 1590. The molecule has 1 aromatic heterocycles. The Morgan fingerprint density at radius 2 is 2.00 bits per heavy atom. The van der Waals surface area contributed by atoms with E-state index in [2.05, 4.69) is 10.3 Å². The van der Waals surface area contributed by atoms with Gasteiger partial charge in [0.05, 0.1) is 16.6 Å². The van der Waals surface area contributed by atoms with Crippen molar-refractivity contribution in [1.82, 2.24) is 10.3 Å². The van der Waals surface area contributed by atoms with Crippen LogP contribution in [0.2, 0.25) is 5.02 Å². The third-order valence-corrected chi connectivity index (χ3v) is 6.15. The van der Waals surface area contributed by atoms with E-state index in [9.17, 15) is 20.2 Å². The van der Waals surface area contributed by atoms with E-state index in [0.29, 0.717) is 36.4 Å². The van der Waals surface area contributed by atoms with Crippen LogP contribution in [0.1, 0.15) is 23.6 Å². The van der Waals surface area contributed by atoms with E-state index >= 15 is 0 Å². The van der Waals surface area contributed by atoms with E-state index in [1.807, 2.05) is 36.5 Å². The van der Waals surface area contributed by atoms with Crippen LogP contribution < -0.4 is 14.8 Å². The van der Waals surface area contributed by atoms with Gasteiger partial charge in [0.25, 0.3) is 11.6 Å². The molecule has 39 heavy (non-hydrogen) atoms. The summed E-state index contributed by atoms with van der Waals surface area (Å²) in [5, 5.41) is 24.8. The van der Waals surface area contributed by atoms with Gasteiger partial charge in [0.15, 0.2) is 11.5 Å². The van der Waals surface area contributed by atoms with Crippen molar-refractivity contribution in [3.05, 3.63) is 104 Å². The van der Waals surface area contributed by atoms with Gasteiger partial charge in [0.1, 0.15) is 18.2 Å². The topological polar surface area (TPSA) is 130 Å². The quantitative estimate of drug-likeness (QED) is 0.103. The largest absolute Gasteiger partial charge is 0.490 e. The number of hydrogen-bond acceptors (Lipinski definition) is 6. The number of benzene rings is 3. The second-order valence-electron chi connectivity index (χ2n) is 8.51. The highest BCUT2D eigenvalue weighted by Gasteiger charge is 2.16. The van der Waals surface area contributed by atoms with Crippen LogP contribution in [0, 0.1) is 21.4 Å². The van der Waals surface area contributed by atoms with Crippen LogP contribution in [0.5, 0.6) is 11.5 Å². The van der Waals surface area contributed by atoms with Gasteiger partial charge < -0.3 is 19.8 Å². The number of nitrogens with zero attached hydrogens (tertiary/aromatic N) is 2. The number of nitrogens with one attached hydrogen (secondary N) is 2. The number of amides is 1. The molecule has 0 fully saturated rings. The van der Waals surface area contributed by atoms with Crippen molar-refractivity contribution in [2.24, 2.45) is 0 Å². The highest BCUT2D eigenvalue weighted by atomic mass is 35.5. The van der Waals surface area contributed by atoms with Gasteiger partial charge in [-0.15, -0.1) is 0 Å². The molecule has 0 atom stereocenters. The van der Waals surface area contributed by atoms with Crippen LogP contribution >= 0.6 is 11.6 Å². The molecule has 0 spiro atoms. The van der Waals surface area contributed by atoms with Crippen molar-refractivity contribution >= 4 is 40.2 Å². The Hall–Kier alpha value is -4.81. The third-order valence-electron chi connectivity index (χ3n) is 5.87. The minimum Gasteiger partial charge on any atom is -0.490 e. The number of carbonyl (C=O) groups is 1. The molecule has 2 N–H and O–H groups in total. The molecule has 1 amide bonds. The molecule has 9 nitrogen and oxygen atoms in total. The summed E-state index contributed by atoms with van der Waals surface area (Å²) in [5.41, 5.74) is 3.03. The number of nitro benzene ring substituents is 1. The number of carbonyl (C=O) groups excluding carboxylic acids is 1. The second kappa shape index (κ2) is 12.6. The molecule has 3 aromatic carbocycles. The summed E-state index contributed by atoms with van der Waals surface area (Å²) in [6.45, 7) is 2.49. The van der Waals surface area contributed by atoms with E-state index < -0.39 is 10.8 Å². The lowest BCUT2D eigenvalue weighted by Gasteiger charge is -2.15. The number of non-ortho nitro benzene ring substituents is 1. The maximum atomic E-state index is 12.7. The highest BCUT2D eigenvalue weighted by molar-refractivity contribution is 6.32. The van der Waals surface area contributed by atoms with E-state index in [0.717, 1.165) is 16.5 Å². The number of aromatic nitrogens is 1. The molecule has 4 rings (SSSR count). The summed E-state index contributed by atoms with van der Waals surface area (Å²) >= 11 is 6.48. The molecule has 0 bridgehead atoms. The summed E-state index contributed by atoms with van der Waals surface area (Å²) in [6, 6.07) is 19.1. The molecule has 0 aliphatic heterocycles. The summed E-state index contributed by atoms with van der Waals surface area (Å²) in [6.07, 6.45) is 3.95. The molecule has 10 heteroatoms. The fraction of sp³-hybridized carbons (Fsp3) is 0.172. The fourth-order valence-electron chi connectivity index (χ4n) is 4.05. The zero-order chi connectivity index (χ0) is 27.8. The van der Waals surface area contributed by atoms with Gasteiger partial charge in [0, 0.05) is 35.8 Å². The standard InChI is InChI=1S/C29H25ClN4O5/c1-2-38-27-15-20(14-25(30)28(27)39-18-19-6-5-7-23(13-19)34(36)37)12-22(16-31)29(35)32-11-10-21-17-33-26-9-4-3-8-24(21)26/h3-9,12-15,17,33H,2,10-11,18H2,1H3,(H,32,35)/b22-12-. The SMILES string of the molecule is CCOc1cc(/C=C(/C#N)C(=O)NCCc2c[nH]c3ccccc23)cc(Cl)c1OCc1cccc([N+](=O)[O-])c1. The zero-order valence-corrected chi connectivity index (χ0v) is 21.8. The minimum atomic E-state index is -0.502. The summed E-state index contributed by atoms with van der Waals surface area (Å²) < 4.78 is 11.5. The average Bonchev–Trinajstić information content (AvgIpc) is 3.34. The van der Waals surface area contributed by atoms with Crippen LogP contribution in [0.3, 0.4) is 0 Å². The monoisotopic (exact) mass is 544 g/mol. The molecule has 0 saturated carbocycles. The van der Waals surface area contributed by atoms with Gasteiger partial charge in [-0.3, -0.25) is 14.9 Å². The Morgan fingerprint density at radius 3 is 2.77 bits per heavy atom. The van der Waals surface area contributed by atoms with Gasteiger partial charge in [-0.2, -0.15) is 5.26 Å². The molecule has 0 saturated heterocycles. The Morgan fingerprint density at radius 1 is 1.18 bits per heavy atom. The van der Waals surface area contributed by atoms with Crippen molar-refractivity contribution in [2.45, 2.75) is 20.0 Å². The van der Waals surface area contributed by atoms with Crippen LogP contribution in [0.4, 0.5) is 5.69 Å². The molecule has 1 heterocycles. The van der Waals surface area contributed by atoms with Crippen LogP contribution in [0.25, 0.3) is 17.0 Å². The molecular weight excluding hydrogens is 520 g/mol.